The highest BCUT2D eigenvalue weighted by Crippen LogP contribution is 2.12. The largest absolute Gasteiger partial charge is 0.396 e. The number of allylic oxidation sites excluding steroid dienone is 2. The molecule has 0 aliphatic rings. The number of aliphatic hydroxyl groups is 1. The molecule has 0 atom stereocenters. The Balaban J connectivity index is 3.03. The van der Waals surface area contributed by atoms with Crippen molar-refractivity contribution in [3.05, 3.63) is 12.2 Å². The molecule has 0 saturated carbocycles. The Kier molecular flexibility index (Phi) is 22.4. The van der Waals surface area contributed by atoms with Gasteiger partial charge >= 0.3 is 0 Å². The van der Waals surface area contributed by atoms with E-state index >= 15 is 0 Å². The van der Waals surface area contributed by atoms with Gasteiger partial charge in [0.1, 0.15) is 0 Å². The van der Waals surface area contributed by atoms with Crippen molar-refractivity contribution in [2.45, 2.75) is 129 Å². The van der Waals surface area contributed by atoms with Gasteiger partial charge in [0.25, 0.3) is 0 Å². The van der Waals surface area contributed by atoms with Crippen LogP contribution in [0.4, 0.5) is 0 Å². The Bertz CT molecular complexity index is 234. The first kappa shape index (κ1) is 23.7. The van der Waals surface area contributed by atoms with Gasteiger partial charge in [-0.3, -0.25) is 0 Å². The average molecular weight is 339 g/mol. The van der Waals surface area contributed by atoms with Crippen LogP contribution in [0.3, 0.4) is 0 Å². The van der Waals surface area contributed by atoms with E-state index in [1.165, 1.54) is 116 Å². The number of hydrogen-bond acceptors (Lipinski definition) is 1. The van der Waals surface area contributed by atoms with Crippen LogP contribution >= 0.6 is 0 Å². The maximum Gasteiger partial charge on any atom is 0.0431 e. The monoisotopic (exact) mass is 338 g/mol. The molecule has 0 aromatic heterocycles. The van der Waals surface area contributed by atoms with Gasteiger partial charge in [-0.2, -0.15) is 0 Å². The molecule has 1 nitrogen and oxygen atoms in total. The molecule has 0 saturated heterocycles. The molecular weight excluding hydrogens is 292 g/mol. The van der Waals surface area contributed by atoms with E-state index in [0.717, 1.165) is 6.42 Å². The summed E-state index contributed by atoms with van der Waals surface area (Å²) < 4.78 is 0. The molecule has 0 aromatic rings. The van der Waals surface area contributed by atoms with Crippen LogP contribution in [0, 0.1) is 0 Å². The summed E-state index contributed by atoms with van der Waals surface area (Å²) in [7, 11) is 0. The molecule has 0 amide bonds. The fraction of sp³-hybridized carbons (Fsp3) is 0.913. The van der Waals surface area contributed by atoms with Gasteiger partial charge in [-0.1, -0.05) is 109 Å². The number of rotatable bonds is 20. The van der Waals surface area contributed by atoms with Crippen molar-refractivity contribution in [3.8, 4) is 0 Å². The van der Waals surface area contributed by atoms with Crippen molar-refractivity contribution in [2.75, 3.05) is 6.61 Å². The Morgan fingerprint density at radius 2 is 0.792 bits per heavy atom. The molecule has 0 bridgehead atoms. The highest BCUT2D eigenvalue weighted by Gasteiger charge is 1.93. The lowest BCUT2D eigenvalue weighted by molar-refractivity contribution is 0.282. The zero-order valence-electron chi connectivity index (χ0n) is 16.7. The minimum atomic E-state index is 0.369. The first-order chi connectivity index (χ1) is 11.9. The lowest BCUT2D eigenvalue weighted by atomic mass is 10.0. The Labute approximate surface area is 153 Å². The molecule has 0 aliphatic carbocycles. The number of unbranched alkanes of at least 4 members (excludes halogenated alkanes) is 17. The van der Waals surface area contributed by atoms with Gasteiger partial charge in [0.2, 0.25) is 0 Å². The third-order valence-electron chi connectivity index (χ3n) is 4.92. The molecule has 0 radical (unpaired) electrons. The summed E-state index contributed by atoms with van der Waals surface area (Å²) in [6.07, 6.45) is 30.6. The molecule has 0 aromatic carbocycles. The fourth-order valence-electron chi connectivity index (χ4n) is 3.24. The Morgan fingerprint density at radius 3 is 1.17 bits per heavy atom. The second-order valence-corrected chi connectivity index (χ2v) is 7.43. The van der Waals surface area contributed by atoms with E-state index in [2.05, 4.69) is 19.1 Å². The van der Waals surface area contributed by atoms with Crippen molar-refractivity contribution in [1.82, 2.24) is 0 Å². The van der Waals surface area contributed by atoms with E-state index < -0.39 is 0 Å². The van der Waals surface area contributed by atoms with Crippen LogP contribution in [-0.4, -0.2) is 11.7 Å². The van der Waals surface area contributed by atoms with Crippen LogP contribution < -0.4 is 0 Å². The summed E-state index contributed by atoms with van der Waals surface area (Å²) in [6, 6.07) is 0. The van der Waals surface area contributed by atoms with E-state index in [4.69, 9.17) is 5.11 Å². The third kappa shape index (κ3) is 21.7. The van der Waals surface area contributed by atoms with Gasteiger partial charge in [-0.25, -0.2) is 0 Å². The summed E-state index contributed by atoms with van der Waals surface area (Å²) in [5.74, 6) is 0. The van der Waals surface area contributed by atoms with Gasteiger partial charge in [-0.05, 0) is 32.1 Å². The molecule has 24 heavy (non-hydrogen) atoms. The SMILES string of the molecule is CCCCCCCCC=CCCCCCCCCCCCCCO. The molecule has 0 unspecified atom stereocenters. The third-order valence-corrected chi connectivity index (χ3v) is 4.92. The van der Waals surface area contributed by atoms with Gasteiger partial charge < -0.3 is 5.11 Å². The van der Waals surface area contributed by atoms with Crippen molar-refractivity contribution in [3.63, 3.8) is 0 Å². The summed E-state index contributed by atoms with van der Waals surface area (Å²) in [6.45, 7) is 2.65. The number of aliphatic hydroxyl groups excluding tert-OH is 1. The first-order valence-electron chi connectivity index (χ1n) is 11.2. The quantitative estimate of drug-likeness (QED) is 0.176. The second-order valence-electron chi connectivity index (χ2n) is 7.43. The molecule has 0 aliphatic heterocycles. The van der Waals surface area contributed by atoms with Crippen LogP contribution in [-0.2, 0) is 0 Å². The predicted octanol–water partition coefficient (Wildman–Crippen LogP) is 7.97. The van der Waals surface area contributed by atoms with Crippen LogP contribution in [0.25, 0.3) is 0 Å². The highest BCUT2D eigenvalue weighted by atomic mass is 16.2. The van der Waals surface area contributed by atoms with E-state index in [1.54, 1.807) is 0 Å². The van der Waals surface area contributed by atoms with Crippen LogP contribution in [0.15, 0.2) is 12.2 Å². The molecule has 0 rings (SSSR count). The molecular formula is C23H46O. The molecule has 144 valence electrons. The molecule has 0 heterocycles. The smallest absolute Gasteiger partial charge is 0.0431 e. The molecule has 1 N–H and O–H groups in total. The van der Waals surface area contributed by atoms with Crippen molar-refractivity contribution < 1.29 is 5.11 Å². The summed E-state index contributed by atoms with van der Waals surface area (Å²) in [5.41, 5.74) is 0. The zero-order chi connectivity index (χ0) is 17.6. The van der Waals surface area contributed by atoms with Crippen LogP contribution in [0.2, 0.25) is 0 Å². The number of hydrogen-bond donors (Lipinski definition) is 1. The van der Waals surface area contributed by atoms with E-state index in [9.17, 15) is 0 Å². The van der Waals surface area contributed by atoms with Crippen LogP contribution in [0.5, 0.6) is 0 Å². The standard InChI is InChI=1S/C23H46O/c1-2-3-4-5-6-7-8-9-10-11-12-13-14-15-16-17-18-19-20-21-22-23-24/h9-10,24H,2-8,11-23H2,1H3. The fourth-order valence-corrected chi connectivity index (χ4v) is 3.24. The summed E-state index contributed by atoms with van der Waals surface area (Å²) in [4.78, 5) is 0. The Hall–Kier alpha value is -0.300. The minimum absolute atomic E-state index is 0.369. The predicted molar refractivity (Wildman–Crippen MR) is 110 cm³/mol. The topological polar surface area (TPSA) is 20.2 Å². The van der Waals surface area contributed by atoms with E-state index in [1.807, 2.05) is 0 Å². The van der Waals surface area contributed by atoms with Crippen molar-refractivity contribution in [1.29, 1.82) is 0 Å². The first-order valence-corrected chi connectivity index (χ1v) is 11.2. The van der Waals surface area contributed by atoms with Gasteiger partial charge in [0.15, 0.2) is 0 Å². The second kappa shape index (κ2) is 22.7. The molecule has 1 heteroatoms. The van der Waals surface area contributed by atoms with Crippen molar-refractivity contribution >= 4 is 0 Å². The summed E-state index contributed by atoms with van der Waals surface area (Å²) >= 11 is 0. The van der Waals surface area contributed by atoms with E-state index in [-0.39, 0.29) is 0 Å². The lowest BCUT2D eigenvalue weighted by Crippen LogP contribution is -1.84. The van der Waals surface area contributed by atoms with Gasteiger partial charge in [0.05, 0.1) is 0 Å². The minimum Gasteiger partial charge on any atom is -0.396 e. The zero-order valence-corrected chi connectivity index (χ0v) is 16.7. The Morgan fingerprint density at radius 1 is 0.458 bits per heavy atom. The van der Waals surface area contributed by atoms with Gasteiger partial charge in [0, 0.05) is 6.61 Å². The maximum atomic E-state index is 8.71. The average Bonchev–Trinajstić information content (AvgIpc) is 2.60. The highest BCUT2D eigenvalue weighted by molar-refractivity contribution is 4.81. The molecule has 0 spiro atoms. The lowest BCUT2D eigenvalue weighted by Gasteiger charge is -2.02. The normalized spacial score (nSPS) is 11.6. The molecule has 0 fully saturated rings. The van der Waals surface area contributed by atoms with Crippen molar-refractivity contribution in [2.24, 2.45) is 0 Å². The van der Waals surface area contributed by atoms with Gasteiger partial charge in [-0.15, -0.1) is 0 Å². The maximum absolute atomic E-state index is 8.71. The summed E-state index contributed by atoms with van der Waals surface area (Å²) in [5, 5.41) is 8.71. The van der Waals surface area contributed by atoms with Crippen LogP contribution in [0.1, 0.15) is 129 Å². The van der Waals surface area contributed by atoms with E-state index in [0.29, 0.717) is 6.61 Å².